The van der Waals surface area contributed by atoms with E-state index in [0.29, 0.717) is 30.3 Å². The third-order valence-electron chi connectivity index (χ3n) is 5.81. The van der Waals surface area contributed by atoms with E-state index >= 15 is 0 Å². The molecule has 0 bridgehead atoms. The maximum atomic E-state index is 9.61. The highest BCUT2D eigenvalue weighted by Gasteiger charge is 2.44. The fourth-order valence-corrected chi connectivity index (χ4v) is 3.94. The van der Waals surface area contributed by atoms with Crippen LogP contribution in [0.3, 0.4) is 0 Å². The van der Waals surface area contributed by atoms with E-state index in [2.05, 4.69) is 4.98 Å². The van der Waals surface area contributed by atoms with E-state index in [4.69, 9.17) is 24.7 Å². The van der Waals surface area contributed by atoms with E-state index in [0.717, 1.165) is 40.6 Å². The molecule has 1 atom stereocenters. The highest BCUT2D eigenvalue weighted by atomic mass is 16.5. The molecule has 1 aliphatic rings. The first-order valence-corrected chi connectivity index (χ1v) is 10.2. The minimum atomic E-state index is -0.824. The molecule has 7 heteroatoms. The molecule has 31 heavy (non-hydrogen) atoms. The Hall–Kier alpha value is -3.03. The van der Waals surface area contributed by atoms with Gasteiger partial charge in [-0.25, -0.2) is 0 Å². The zero-order valence-corrected chi connectivity index (χ0v) is 18.1. The van der Waals surface area contributed by atoms with Crippen LogP contribution in [-0.2, 0) is 0 Å². The van der Waals surface area contributed by atoms with E-state index in [9.17, 15) is 5.11 Å². The normalized spacial score (nSPS) is 15.4. The van der Waals surface area contributed by atoms with Crippen LogP contribution in [0.5, 0.6) is 23.0 Å². The number of hydrogen-bond acceptors (Lipinski definition) is 7. The molecule has 0 radical (unpaired) electrons. The second-order valence-electron chi connectivity index (χ2n) is 8.02. The summed E-state index contributed by atoms with van der Waals surface area (Å²) >= 11 is 0. The number of hydrogen-bond donors (Lipinski definition) is 2. The van der Waals surface area contributed by atoms with Gasteiger partial charge < -0.3 is 29.8 Å². The summed E-state index contributed by atoms with van der Waals surface area (Å²) in [5.41, 5.74) is 8.20. The zero-order valence-electron chi connectivity index (χ0n) is 18.1. The Balaban J connectivity index is 1.74. The fourth-order valence-electron chi connectivity index (χ4n) is 3.94. The second kappa shape index (κ2) is 8.61. The van der Waals surface area contributed by atoms with E-state index < -0.39 is 6.23 Å². The Morgan fingerprint density at radius 2 is 1.65 bits per heavy atom. The Morgan fingerprint density at radius 1 is 1.00 bits per heavy atom. The molecule has 0 saturated heterocycles. The molecule has 1 heterocycles. The number of ether oxygens (including phenoxy) is 4. The standard InChI is InChI=1S/C24H28N2O5/c1-28-20-11-16(12-21(29-2)23(20)30-3)15-9-18-17(5-4-8-26-18)19(10-15)31-14-24(6-7-24)13-22(25)27/h4-5,8-12,22,27H,6-7,13-14,25H2,1-3H3. The van der Waals surface area contributed by atoms with Gasteiger partial charge in [-0.3, -0.25) is 4.98 Å². The summed E-state index contributed by atoms with van der Waals surface area (Å²) in [4.78, 5) is 4.53. The van der Waals surface area contributed by atoms with Crippen LogP contribution in [0.25, 0.3) is 22.0 Å². The van der Waals surface area contributed by atoms with Crippen LogP contribution in [-0.4, -0.2) is 44.3 Å². The number of aromatic nitrogens is 1. The first-order valence-electron chi connectivity index (χ1n) is 10.2. The number of aliphatic hydroxyl groups excluding tert-OH is 1. The number of benzene rings is 2. The number of methoxy groups -OCH3 is 3. The van der Waals surface area contributed by atoms with Crippen molar-refractivity contribution in [2.75, 3.05) is 27.9 Å². The van der Waals surface area contributed by atoms with E-state index in [1.165, 1.54) is 0 Å². The van der Waals surface area contributed by atoms with E-state index in [1.807, 2.05) is 36.4 Å². The molecule has 3 aromatic rings. The Bertz CT molecular complexity index is 1050. The van der Waals surface area contributed by atoms with Crippen molar-refractivity contribution in [1.82, 2.24) is 4.98 Å². The average Bonchev–Trinajstić information content (AvgIpc) is 3.54. The molecular formula is C24H28N2O5. The SMILES string of the molecule is COc1cc(-c2cc(OCC3(CC(N)O)CC3)c3cccnc3c2)cc(OC)c1OC. The molecule has 0 spiro atoms. The third kappa shape index (κ3) is 4.38. The molecule has 1 aliphatic carbocycles. The summed E-state index contributed by atoms with van der Waals surface area (Å²) < 4.78 is 22.7. The van der Waals surface area contributed by atoms with Gasteiger partial charge in [-0.2, -0.15) is 0 Å². The third-order valence-corrected chi connectivity index (χ3v) is 5.81. The molecule has 164 valence electrons. The number of nitrogens with two attached hydrogens (primary N) is 1. The smallest absolute Gasteiger partial charge is 0.203 e. The maximum absolute atomic E-state index is 9.61. The number of pyridine rings is 1. The second-order valence-corrected chi connectivity index (χ2v) is 8.02. The molecule has 2 aromatic carbocycles. The largest absolute Gasteiger partial charge is 0.493 e. The first-order chi connectivity index (χ1) is 15.0. The molecule has 7 nitrogen and oxygen atoms in total. The Labute approximate surface area is 181 Å². The van der Waals surface area contributed by atoms with Crippen molar-refractivity contribution >= 4 is 10.9 Å². The van der Waals surface area contributed by atoms with Crippen LogP contribution in [0.2, 0.25) is 0 Å². The predicted molar refractivity (Wildman–Crippen MR) is 119 cm³/mol. The summed E-state index contributed by atoms with van der Waals surface area (Å²) in [6.07, 6.45) is 3.48. The van der Waals surface area contributed by atoms with Gasteiger partial charge in [0.15, 0.2) is 11.5 Å². The number of nitrogens with zero attached hydrogens (tertiary/aromatic N) is 1. The van der Waals surface area contributed by atoms with Gasteiger partial charge in [0, 0.05) is 17.0 Å². The van der Waals surface area contributed by atoms with Gasteiger partial charge in [-0.15, -0.1) is 0 Å². The minimum Gasteiger partial charge on any atom is -0.493 e. The topological polar surface area (TPSA) is 96.1 Å². The van der Waals surface area contributed by atoms with Crippen molar-refractivity contribution in [1.29, 1.82) is 0 Å². The van der Waals surface area contributed by atoms with Crippen LogP contribution in [0.4, 0.5) is 0 Å². The van der Waals surface area contributed by atoms with E-state index in [-0.39, 0.29) is 5.41 Å². The highest BCUT2D eigenvalue weighted by Crippen LogP contribution is 2.50. The summed E-state index contributed by atoms with van der Waals surface area (Å²) in [5, 5.41) is 10.5. The van der Waals surface area contributed by atoms with Gasteiger partial charge >= 0.3 is 0 Å². The lowest BCUT2D eigenvalue weighted by Crippen LogP contribution is -2.26. The molecular weight excluding hydrogens is 396 g/mol. The molecule has 0 aliphatic heterocycles. The van der Waals surface area contributed by atoms with Gasteiger partial charge in [0.25, 0.3) is 0 Å². The number of fused-ring (bicyclic) bond motifs is 1. The number of aliphatic hydroxyl groups is 1. The maximum Gasteiger partial charge on any atom is 0.203 e. The van der Waals surface area contributed by atoms with Crippen LogP contribution in [0.15, 0.2) is 42.6 Å². The fraction of sp³-hybridized carbons (Fsp3) is 0.375. The van der Waals surface area contributed by atoms with Crippen molar-refractivity contribution in [2.45, 2.75) is 25.5 Å². The summed E-state index contributed by atoms with van der Waals surface area (Å²) in [6.45, 7) is 0.504. The highest BCUT2D eigenvalue weighted by molar-refractivity contribution is 5.90. The van der Waals surface area contributed by atoms with Crippen LogP contribution in [0, 0.1) is 5.41 Å². The van der Waals surface area contributed by atoms with Crippen LogP contribution in [0.1, 0.15) is 19.3 Å². The van der Waals surface area contributed by atoms with Gasteiger partial charge in [0.05, 0.1) is 33.5 Å². The summed E-state index contributed by atoms with van der Waals surface area (Å²) in [7, 11) is 4.77. The zero-order chi connectivity index (χ0) is 22.0. The van der Waals surface area contributed by atoms with E-state index in [1.54, 1.807) is 27.5 Å². The van der Waals surface area contributed by atoms with Crippen molar-refractivity contribution < 1.29 is 24.1 Å². The van der Waals surface area contributed by atoms with Crippen LogP contribution >= 0.6 is 0 Å². The lowest BCUT2D eigenvalue weighted by Gasteiger charge is -2.19. The summed E-state index contributed by atoms with van der Waals surface area (Å²) in [5.74, 6) is 2.44. The molecule has 0 amide bonds. The minimum absolute atomic E-state index is 0.0503. The molecule has 1 fully saturated rings. The molecule has 3 N–H and O–H groups in total. The van der Waals surface area contributed by atoms with Crippen molar-refractivity contribution in [3.8, 4) is 34.1 Å². The number of rotatable bonds is 9. The van der Waals surface area contributed by atoms with Gasteiger partial charge in [-0.1, -0.05) is 0 Å². The van der Waals surface area contributed by atoms with Crippen molar-refractivity contribution in [2.24, 2.45) is 11.1 Å². The lowest BCUT2D eigenvalue weighted by molar-refractivity contribution is 0.117. The Morgan fingerprint density at radius 3 is 2.23 bits per heavy atom. The van der Waals surface area contributed by atoms with Gasteiger partial charge in [0.2, 0.25) is 5.75 Å². The Kier molecular flexibility index (Phi) is 5.89. The molecule has 1 unspecified atom stereocenters. The van der Waals surface area contributed by atoms with Crippen molar-refractivity contribution in [3.05, 3.63) is 42.6 Å². The van der Waals surface area contributed by atoms with Gasteiger partial charge in [0.1, 0.15) is 12.0 Å². The predicted octanol–water partition coefficient (Wildman–Crippen LogP) is 3.75. The lowest BCUT2D eigenvalue weighted by atomic mass is 10.0. The molecule has 1 aromatic heterocycles. The average molecular weight is 424 g/mol. The summed E-state index contributed by atoms with van der Waals surface area (Å²) in [6, 6.07) is 11.7. The van der Waals surface area contributed by atoms with Crippen molar-refractivity contribution in [3.63, 3.8) is 0 Å². The monoisotopic (exact) mass is 424 g/mol. The molecule has 1 saturated carbocycles. The first kappa shape index (κ1) is 21.2. The van der Waals surface area contributed by atoms with Gasteiger partial charge in [-0.05, 0) is 66.8 Å². The van der Waals surface area contributed by atoms with Crippen LogP contribution < -0.4 is 24.7 Å². The quantitative estimate of drug-likeness (QED) is 0.505. The molecule has 4 rings (SSSR count).